The van der Waals surface area contributed by atoms with E-state index in [1.165, 1.54) is 10.9 Å². The molecule has 0 spiro atoms. The molecule has 0 aliphatic carbocycles. The lowest BCUT2D eigenvalue weighted by molar-refractivity contribution is 0.0314. The number of fused-ring (bicyclic) bond motifs is 1. The maximum Gasteiger partial charge on any atom is 0.134 e. The minimum absolute atomic E-state index is 0.467. The van der Waals surface area contributed by atoms with Gasteiger partial charge in [-0.2, -0.15) is 0 Å². The second-order valence-corrected chi connectivity index (χ2v) is 5.92. The van der Waals surface area contributed by atoms with Gasteiger partial charge in [0.15, 0.2) is 0 Å². The Morgan fingerprint density at radius 3 is 2.71 bits per heavy atom. The van der Waals surface area contributed by atoms with Gasteiger partial charge in [-0.1, -0.05) is 32.0 Å². The molecule has 21 heavy (non-hydrogen) atoms. The van der Waals surface area contributed by atoms with E-state index in [1.807, 2.05) is 6.07 Å². The average Bonchev–Trinajstić information content (AvgIpc) is 2.83. The van der Waals surface area contributed by atoms with Crippen molar-refractivity contribution in [2.75, 3.05) is 26.3 Å². The fourth-order valence-electron chi connectivity index (χ4n) is 2.74. The first-order valence-corrected chi connectivity index (χ1v) is 7.77. The average molecular weight is 288 g/mol. The van der Waals surface area contributed by atoms with Gasteiger partial charge in [-0.05, 0) is 6.07 Å². The molecule has 2 heterocycles. The third kappa shape index (κ3) is 3.46. The van der Waals surface area contributed by atoms with E-state index in [9.17, 15) is 0 Å². The normalized spacial score (nSPS) is 16.9. The SMILES string of the molecule is CC(C)NCc1c(CN2CCOCC2)oc2ccccc12. The van der Waals surface area contributed by atoms with Crippen LogP contribution < -0.4 is 5.32 Å². The highest BCUT2D eigenvalue weighted by molar-refractivity contribution is 5.82. The predicted octanol–water partition coefficient (Wildman–Crippen LogP) is 2.76. The molecule has 114 valence electrons. The van der Waals surface area contributed by atoms with E-state index in [2.05, 4.69) is 42.3 Å². The number of hydrogen-bond donors (Lipinski definition) is 1. The molecule has 1 saturated heterocycles. The number of nitrogens with zero attached hydrogens (tertiary/aromatic N) is 1. The van der Waals surface area contributed by atoms with E-state index in [1.54, 1.807) is 0 Å². The van der Waals surface area contributed by atoms with E-state index in [0.717, 1.165) is 50.7 Å². The Morgan fingerprint density at radius 1 is 1.19 bits per heavy atom. The van der Waals surface area contributed by atoms with Crippen LogP contribution in [0.4, 0.5) is 0 Å². The lowest BCUT2D eigenvalue weighted by atomic mass is 10.1. The van der Waals surface area contributed by atoms with Crippen molar-refractivity contribution < 1.29 is 9.15 Å². The number of rotatable bonds is 5. The molecule has 1 aromatic carbocycles. The maximum absolute atomic E-state index is 6.11. The van der Waals surface area contributed by atoms with Gasteiger partial charge in [0.2, 0.25) is 0 Å². The molecule has 0 saturated carbocycles. The Morgan fingerprint density at radius 2 is 1.95 bits per heavy atom. The molecular weight excluding hydrogens is 264 g/mol. The third-order valence-electron chi connectivity index (χ3n) is 3.94. The summed E-state index contributed by atoms with van der Waals surface area (Å²) >= 11 is 0. The number of furan rings is 1. The van der Waals surface area contributed by atoms with Crippen LogP contribution in [0.1, 0.15) is 25.2 Å². The summed E-state index contributed by atoms with van der Waals surface area (Å²) in [5.41, 5.74) is 2.28. The van der Waals surface area contributed by atoms with Crippen LogP contribution in [0.2, 0.25) is 0 Å². The minimum atomic E-state index is 0.467. The molecule has 0 amide bonds. The zero-order chi connectivity index (χ0) is 14.7. The van der Waals surface area contributed by atoms with Gasteiger partial charge in [-0.15, -0.1) is 0 Å². The smallest absolute Gasteiger partial charge is 0.134 e. The summed E-state index contributed by atoms with van der Waals surface area (Å²) in [5.74, 6) is 1.09. The van der Waals surface area contributed by atoms with Crippen molar-refractivity contribution in [3.8, 4) is 0 Å². The van der Waals surface area contributed by atoms with Gasteiger partial charge in [0.1, 0.15) is 11.3 Å². The van der Waals surface area contributed by atoms with Crippen LogP contribution in [-0.4, -0.2) is 37.2 Å². The van der Waals surface area contributed by atoms with E-state index in [-0.39, 0.29) is 0 Å². The summed E-state index contributed by atoms with van der Waals surface area (Å²) in [6.45, 7) is 9.66. The number of para-hydroxylation sites is 1. The summed E-state index contributed by atoms with van der Waals surface area (Å²) in [4.78, 5) is 2.40. The summed E-state index contributed by atoms with van der Waals surface area (Å²) in [6.07, 6.45) is 0. The summed E-state index contributed by atoms with van der Waals surface area (Å²) in [7, 11) is 0. The molecule has 0 bridgehead atoms. The van der Waals surface area contributed by atoms with Crippen molar-refractivity contribution >= 4 is 11.0 Å². The number of benzene rings is 1. The van der Waals surface area contributed by atoms with Crippen LogP contribution >= 0.6 is 0 Å². The van der Waals surface area contributed by atoms with Crippen LogP contribution in [0.3, 0.4) is 0 Å². The lowest BCUT2D eigenvalue weighted by Gasteiger charge is -2.26. The molecule has 0 atom stereocenters. The maximum atomic E-state index is 6.11. The lowest BCUT2D eigenvalue weighted by Crippen LogP contribution is -2.36. The Kier molecular flexibility index (Phi) is 4.58. The molecule has 4 nitrogen and oxygen atoms in total. The first kappa shape index (κ1) is 14.6. The van der Waals surface area contributed by atoms with E-state index in [4.69, 9.17) is 9.15 Å². The Balaban J connectivity index is 1.86. The van der Waals surface area contributed by atoms with Crippen molar-refractivity contribution in [2.45, 2.75) is 33.0 Å². The van der Waals surface area contributed by atoms with Crippen LogP contribution in [0.25, 0.3) is 11.0 Å². The quantitative estimate of drug-likeness (QED) is 0.918. The number of morpholine rings is 1. The molecule has 2 aromatic rings. The zero-order valence-electron chi connectivity index (χ0n) is 12.9. The fourth-order valence-corrected chi connectivity index (χ4v) is 2.74. The predicted molar refractivity (Wildman–Crippen MR) is 84.3 cm³/mol. The van der Waals surface area contributed by atoms with Crippen molar-refractivity contribution in [3.63, 3.8) is 0 Å². The van der Waals surface area contributed by atoms with Crippen LogP contribution in [0.5, 0.6) is 0 Å². The zero-order valence-corrected chi connectivity index (χ0v) is 12.9. The first-order valence-electron chi connectivity index (χ1n) is 7.77. The van der Waals surface area contributed by atoms with Crippen molar-refractivity contribution in [1.29, 1.82) is 0 Å². The standard InChI is InChI=1S/C17H24N2O2/c1-13(2)18-11-15-14-5-3-4-6-16(14)21-17(15)12-19-7-9-20-10-8-19/h3-6,13,18H,7-12H2,1-2H3. The Labute approximate surface area is 126 Å². The third-order valence-corrected chi connectivity index (χ3v) is 3.94. The highest BCUT2D eigenvalue weighted by atomic mass is 16.5. The first-order chi connectivity index (χ1) is 10.2. The van der Waals surface area contributed by atoms with Gasteiger partial charge in [-0.3, -0.25) is 4.90 Å². The molecule has 4 heteroatoms. The Hall–Kier alpha value is -1.36. The van der Waals surface area contributed by atoms with Gasteiger partial charge in [-0.25, -0.2) is 0 Å². The van der Waals surface area contributed by atoms with Gasteiger partial charge in [0, 0.05) is 36.6 Å². The van der Waals surface area contributed by atoms with Crippen LogP contribution in [-0.2, 0) is 17.8 Å². The fraction of sp³-hybridized carbons (Fsp3) is 0.529. The second kappa shape index (κ2) is 6.60. The van der Waals surface area contributed by atoms with Crippen LogP contribution in [0, 0.1) is 0 Å². The molecule has 1 N–H and O–H groups in total. The molecule has 1 aliphatic heterocycles. The molecule has 3 rings (SSSR count). The topological polar surface area (TPSA) is 37.6 Å². The number of ether oxygens (including phenoxy) is 1. The molecule has 1 aromatic heterocycles. The van der Waals surface area contributed by atoms with Gasteiger partial charge >= 0.3 is 0 Å². The number of hydrogen-bond acceptors (Lipinski definition) is 4. The summed E-state index contributed by atoms with van der Waals surface area (Å²) in [5, 5.41) is 4.74. The minimum Gasteiger partial charge on any atom is -0.459 e. The molecular formula is C17H24N2O2. The van der Waals surface area contributed by atoms with Gasteiger partial charge < -0.3 is 14.5 Å². The van der Waals surface area contributed by atoms with E-state index in [0.29, 0.717) is 6.04 Å². The molecule has 0 radical (unpaired) electrons. The van der Waals surface area contributed by atoms with Crippen molar-refractivity contribution in [3.05, 3.63) is 35.6 Å². The Bertz CT molecular complexity index is 585. The summed E-state index contributed by atoms with van der Waals surface area (Å²) < 4.78 is 11.5. The summed E-state index contributed by atoms with van der Waals surface area (Å²) in [6, 6.07) is 8.78. The second-order valence-electron chi connectivity index (χ2n) is 5.92. The van der Waals surface area contributed by atoms with Crippen LogP contribution in [0.15, 0.2) is 28.7 Å². The molecule has 0 unspecified atom stereocenters. The van der Waals surface area contributed by atoms with Gasteiger partial charge in [0.25, 0.3) is 0 Å². The highest BCUT2D eigenvalue weighted by Gasteiger charge is 2.18. The molecule has 1 aliphatic rings. The monoisotopic (exact) mass is 288 g/mol. The van der Waals surface area contributed by atoms with Crippen molar-refractivity contribution in [2.24, 2.45) is 0 Å². The highest BCUT2D eigenvalue weighted by Crippen LogP contribution is 2.27. The number of nitrogens with one attached hydrogen (secondary N) is 1. The van der Waals surface area contributed by atoms with E-state index >= 15 is 0 Å². The van der Waals surface area contributed by atoms with Gasteiger partial charge in [0.05, 0.1) is 19.8 Å². The molecule has 1 fully saturated rings. The van der Waals surface area contributed by atoms with E-state index < -0.39 is 0 Å². The van der Waals surface area contributed by atoms with Crippen molar-refractivity contribution in [1.82, 2.24) is 10.2 Å². The largest absolute Gasteiger partial charge is 0.459 e.